The number of nitrogens with one attached hydrogen (secondary N) is 2. The molecular formula is C10H14N4S. The molecule has 0 saturated heterocycles. The lowest BCUT2D eigenvalue weighted by Gasteiger charge is -2.06. The molecule has 0 aromatic carbocycles. The van der Waals surface area contributed by atoms with Gasteiger partial charge < -0.3 is 4.57 Å². The van der Waals surface area contributed by atoms with Crippen molar-refractivity contribution in [3.8, 4) is 0 Å². The maximum Gasteiger partial charge on any atom is 0.213 e. The molecule has 5 heteroatoms. The number of hydrogen-bond acceptors (Lipinski definition) is 2. The van der Waals surface area contributed by atoms with Crippen molar-refractivity contribution >= 4 is 12.2 Å². The van der Waals surface area contributed by atoms with Gasteiger partial charge in [-0.3, -0.25) is 10.2 Å². The molecule has 0 fully saturated rings. The second kappa shape index (κ2) is 4.02. The van der Waals surface area contributed by atoms with Crippen molar-refractivity contribution in [3.63, 3.8) is 0 Å². The minimum absolute atomic E-state index is 0.445. The number of aromatic amines is 2. The topological polar surface area (TPSA) is 49.4 Å². The summed E-state index contributed by atoms with van der Waals surface area (Å²) in [4.78, 5) is 4.18. The highest BCUT2D eigenvalue weighted by Crippen LogP contribution is 2.18. The van der Waals surface area contributed by atoms with Crippen LogP contribution in [-0.4, -0.2) is 19.7 Å². The molecule has 0 amide bonds. The number of hydrogen-bond donors (Lipinski definition) is 2. The van der Waals surface area contributed by atoms with E-state index < -0.39 is 0 Å². The van der Waals surface area contributed by atoms with Gasteiger partial charge in [-0.2, -0.15) is 0 Å². The lowest BCUT2D eigenvalue weighted by Crippen LogP contribution is -1.99. The Morgan fingerprint density at radius 1 is 1.53 bits per heavy atom. The molecule has 15 heavy (non-hydrogen) atoms. The molecule has 0 bridgehead atoms. The standard InChI is InChI=1S/C10H14N4S/c1-7(8-3-4-14(2)6-8)5-9-11-10(15)13-12-9/h3-4,6-7H,5H2,1-2H3,(H2,11,12,13,15). The molecule has 4 nitrogen and oxygen atoms in total. The normalized spacial score (nSPS) is 12.9. The van der Waals surface area contributed by atoms with Crippen LogP contribution in [0.1, 0.15) is 24.2 Å². The molecule has 2 N–H and O–H groups in total. The van der Waals surface area contributed by atoms with Crippen molar-refractivity contribution in [2.45, 2.75) is 19.3 Å². The molecule has 0 spiro atoms. The molecule has 0 aliphatic rings. The summed E-state index contributed by atoms with van der Waals surface area (Å²) < 4.78 is 2.57. The van der Waals surface area contributed by atoms with Crippen LogP contribution in [0.4, 0.5) is 0 Å². The molecule has 2 heterocycles. The van der Waals surface area contributed by atoms with E-state index in [1.807, 2.05) is 7.05 Å². The molecule has 80 valence electrons. The van der Waals surface area contributed by atoms with E-state index in [1.165, 1.54) is 5.56 Å². The fraction of sp³-hybridized carbons (Fsp3) is 0.400. The molecule has 0 aliphatic carbocycles. The van der Waals surface area contributed by atoms with Crippen LogP contribution in [0.3, 0.4) is 0 Å². The zero-order valence-corrected chi connectivity index (χ0v) is 9.64. The minimum atomic E-state index is 0.445. The lowest BCUT2D eigenvalue weighted by molar-refractivity contribution is 0.718. The van der Waals surface area contributed by atoms with Crippen molar-refractivity contribution in [1.82, 2.24) is 19.7 Å². The molecule has 2 aromatic rings. The van der Waals surface area contributed by atoms with Crippen LogP contribution < -0.4 is 0 Å². The molecule has 2 rings (SSSR count). The van der Waals surface area contributed by atoms with E-state index in [4.69, 9.17) is 12.2 Å². The summed E-state index contributed by atoms with van der Waals surface area (Å²) in [5.74, 6) is 1.36. The van der Waals surface area contributed by atoms with Gasteiger partial charge >= 0.3 is 0 Å². The number of aryl methyl sites for hydroxylation is 1. The summed E-state index contributed by atoms with van der Waals surface area (Å²) >= 11 is 4.90. The van der Waals surface area contributed by atoms with Gasteiger partial charge in [-0.1, -0.05) is 6.92 Å². The van der Waals surface area contributed by atoms with Gasteiger partial charge in [-0.25, -0.2) is 4.98 Å². The lowest BCUT2D eigenvalue weighted by atomic mass is 10.0. The maximum atomic E-state index is 4.90. The zero-order valence-electron chi connectivity index (χ0n) is 8.82. The second-order valence-electron chi connectivity index (χ2n) is 3.83. The monoisotopic (exact) mass is 222 g/mol. The molecule has 0 aliphatic heterocycles. The van der Waals surface area contributed by atoms with Crippen LogP contribution in [0, 0.1) is 4.77 Å². The van der Waals surface area contributed by atoms with E-state index in [9.17, 15) is 0 Å². The van der Waals surface area contributed by atoms with E-state index in [0.717, 1.165) is 12.2 Å². The van der Waals surface area contributed by atoms with Crippen molar-refractivity contribution in [3.05, 3.63) is 34.6 Å². The Labute approximate surface area is 93.3 Å². The Hall–Kier alpha value is -1.36. The SMILES string of the molecule is CC(Cc1nc(=S)[nH][nH]1)c1ccn(C)c1. The Balaban J connectivity index is 2.10. The molecule has 2 aromatic heterocycles. The highest BCUT2D eigenvalue weighted by atomic mass is 32.1. The van der Waals surface area contributed by atoms with Crippen LogP contribution in [0.2, 0.25) is 0 Å². The highest BCUT2D eigenvalue weighted by molar-refractivity contribution is 7.71. The van der Waals surface area contributed by atoms with Crippen molar-refractivity contribution in [1.29, 1.82) is 0 Å². The molecule has 1 unspecified atom stereocenters. The Bertz CT molecular complexity index is 493. The van der Waals surface area contributed by atoms with E-state index in [0.29, 0.717) is 10.7 Å². The van der Waals surface area contributed by atoms with Crippen LogP contribution >= 0.6 is 12.2 Å². The fourth-order valence-electron chi connectivity index (χ4n) is 1.62. The first-order chi connectivity index (χ1) is 7.15. The van der Waals surface area contributed by atoms with E-state index in [-0.39, 0.29) is 0 Å². The average Bonchev–Trinajstić information content (AvgIpc) is 2.75. The number of rotatable bonds is 3. The number of nitrogens with zero attached hydrogens (tertiary/aromatic N) is 2. The van der Waals surface area contributed by atoms with E-state index in [2.05, 4.69) is 45.1 Å². The van der Waals surface area contributed by atoms with Crippen LogP contribution in [0.25, 0.3) is 0 Å². The summed E-state index contributed by atoms with van der Waals surface area (Å²) in [6.45, 7) is 2.18. The van der Waals surface area contributed by atoms with Gasteiger partial charge in [0.05, 0.1) is 0 Å². The van der Waals surface area contributed by atoms with Crippen LogP contribution in [-0.2, 0) is 13.5 Å². The van der Waals surface area contributed by atoms with Crippen LogP contribution in [0.15, 0.2) is 18.5 Å². The third kappa shape index (κ3) is 2.36. The van der Waals surface area contributed by atoms with E-state index >= 15 is 0 Å². The third-order valence-electron chi connectivity index (χ3n) is 2.47. The minimum Gasteiger partial charge on any atom is -0.357 e. The Morgan fingerprint density at radius 2 is 2.33 bits per heavy atom. The zero-order chi connectivity index (χ0) is 10.8. The molecule has 0 saturated carbocycles. The first-order valence-electron chi connectivity index (χ1n) is 4.90. The van der Waals surface area contributed by atoms with Gasteiger partial charge in [0.1, 0.15) is 5.82 Å². The summed E-state index contributed by atoms with van der Waals surface area (Å²) in [7, 11) is 2.03. The largest absolute Gasteiger partial charge is 0.357 e. The number of H-pyrrole nitrogens is 2. The molecular weight excluding hydrogens is 208 g/mol. The molecule has 0 radical (unpaired) electrons. The summed E-state index contributed by atoms with van der Waals surface area (Å²) in [6.07, 6.45) is 5.06. The van der Waals surface area contributed by atoms with Gasteiger partial charge in [0, 0.05) is 25.9 Å². The maximum absolute atomic E-state index is 4.90. The fourth-order valence-corrected chi connectivity index (χ4v) is 1.79. The van der Waals surface area contributed by atoms with Gasteiger partial charge in [0.2, 0.25) is 4.77 Å². The van der Waals surface area contributed by atoms with Gasteiger partial charge in [-0.05, 0) is 29.8 Å². The first-order valence-corrected chi connectivity index (χ1v) is 5.31. The van der Waals surface area contributed by atoms with Gasteiger partial charge in [0.15, 0.2) is 0 Å². The molecule has 1 atom stereocenters. The van der Waals surface area contributed by atoms with Gasteiger partial charge in [0.25, 0.3) is 0 Å². The smallest absolute Gasteiger partial charge is 0.213 e. The predicted molar refractivity (Wildman–Crippen MR) is 61.3 cm³/mol. The van der Waals surface area contributed by atoms with Crippen molar-refractivity contribution < 1.29 is 0 Å². The third-order valence-corrected chi connectivity index (χ3v) is 2.67. The van der Waals surface area contributed by atoms with Crippen LogP contribution in [0.5, 0.6) is 0 Å². The number of aromatic nitrogens is 4. The first kappa shape index (κ1) is 10.2. The van der Waals surface area contributed by atoms with Gasteiger partial charge in [-0.15, -0.1) is 0 Å². The Kier molecular flexibility index (Phi) is 2.73. The highest BCUT2D eigenvalue weighted by Gasteiger charge is 2.09. The van der Waals surface area contributed by atoms with E-state index in [1.54, 1.807) is 0 Å². The predicted octanol–water partition coefficient (Wildman–Crippen LogP) is 2.15. The summed E-state index contributed by atoms with van der Waals surface area (Å²) in [6, 6.07) is 2.13. The quantitative estimate of drug-likeness (QED) is 0.782. The van der Waals surface area contributed by atoms with Crippen molar-refractivity contribution in [2.75, 3.05) is 0 Å². The Morgan fingerprint density at radius 3 is 2.87 bits per heavy atom. The van der Waals surface area contributed by atoms with Crippen molar-refractivity contribution in [2.24, 2.45) is 7.05 Å². The second-order valence-corrected chi connectivity index (χ2v) is 4.22. The summed E-state index contributed by atoms with van der Waals surface area (Å²) in [5.41, 5.74) is 1.32. The summed E-state index contributed by atoms with van der Waals surface area (Å²) in [5, 5.41) is 5.77. The average molecular weight is 222 g/mol.